The molecule has 0 saturated carbocycles. The first-order valence-electron chi connectivity index (χ1n) is 5.21. The van der Waals surface area contributed by atoms with Gasteiger partial charge in [-0.05, 0) is 30.3 Å². The van der Waals surface area contributed by atoms with Crippen molar-refractivity contribution >= 4 is 22.3 Å². The Morgan fingerprint density at radius 3 is 2.56 bits per heavy atom. The molecule has 2 nitrogen and oxygen atoms in total. The number of rotatable bonds is 2. The average molecular weight is 209 g/mol. The van der Waals surface area contributed by atoms with E-state index in [0.717, 1.165) is 22.3 Å². The Kier molecular flexibility index (Phi) is 2.11. The van der Waals surface area contributed by atoms with Crippen LogP contribution < -0.4 is 5.32 Å². The van der Waals surface area contributed by atoms with Crippen LogP contribution in [0.5, 0.6) is 0 Å². The maximum atomic E-state index is 5.36. The molecule has 1 aromatic heterocycles. The summed E-state index contributed by atoms with van der Waals surface area (Å²) in [6.45, 7) is 0. The van der Waals surface area contributed by atoms with Crippen LogP contribution in [0.2, 0.25) is 0 Å². The molecule has 0 spiro atoms. The lowest BCUT2D eigenvalue weighted by Crippen LogP contribution is -1.88. The first-order chi connectivity index (χ1) is 7.92. The number of hydrogen-bond acceptors (Lipinski definition) is 2. The second-order valence-electron chi connectivity index (χ2n) is 3.66. The fourth-order valence-corrected chi connectivity index (χ4v) is 1.72. The van der Waals surface area contributed by atoms with E-state index in [1.165, 1.54) is 0 Å². The molecule has 16 heavy (non-hydrogen) atoms. The largest absolute Gasteiger partial charge is 0.464 e. The predicted octanol–water partition coefficient (Wildman–Crippen LogP) is 4.18. The highest BCUT2D eigenvalue weighted by Gasteiger charge is 1.98. The highest BCUT2D eigenvalue weighted by Crippen LogP contribution is 2.22. The molecule has 3 aromatic rings. The molecule has 2 heteroatoms. The summed E-state index contributed by atoms with van der Waals surface area (Å²) in [6, 6.07) is 18.1. The molecule has 0 atom stereocenters. The zero-order valence-electron chi connectivity index (χ0n) is 8.68. The molecule has 78 valence electrons. The minimum Gasteiger partial charge on any atom is -0.464 e. The van der Waals surface area contributed by atoms with Crippen molar-refractivity contribution in [2.24, 2.45) is 0 Å². The molecule has 0 aliphatic rings. The van der Waals surface area contributed by atoms with Crippen molar-refractivity contribution in [3.8, 4) is 0 Å². The highest BCUT2D eigenvalue weighted by molar-refractivity contribution is 5.81. The number of hydrogen-bond donors (Lipinski definition) is 1. The van der Waals surface area contributed by atoms with Crippen molar-refractivity contribution in [2.45, 2.75) is 0 Å². The van der Waals surface area contributed by atoms with Crippen LogP contribution in [0.4, 0.5) is 11.4 Å². The normalized spacial score (nSPS) is 10.5. The number of fused-ring (bicyclic) bond motifs is 1. The Bertz CT molecular complexity index is 598. The lowest BCUT2D eigenvalue weighted by atomic mass is 10.2. The third-order valence-electron chi connectivity index (χ3n) is 2.52. The lowest BCUT2D eigenvalue weighted by Gasteiger charge is -2.05. The fourth-order valence-electron chi connectivity index (χ4n) is 1.72. The van der Waals surface area contributed by atoms with Crippen molar-refractivity contribution in [1.29, 1.82) is 0 Å². The maximum Gasteiger partial charge on any atom is 0.135 e. The van der Waals surface area contributed by atoms with Crippen LogP contribution in [-0.4, -0.2) is 0 Å². The smallest absolute Gasteiger partial charge is 0.135 e. The summed E-state index contributed by atoms with van der Waals surface area (Å²) < 4.78 is 5.36. The molecular weight excluding hydrogens is 198 g/mol. The number of benzene rings is 2. The van der Waals surface area contributed by atoms with Gasteiger partial charge in [0.05, 0.1) is 6.26 Å². The van der Waals surface area contributed by atoms with E-state index in [1.54, 1.807) is 6.26 Å². The van der Waals surface area contributed by atoms with Gasteiger partial charge in [-0.3, -0.25) is 0 Å². The summed E-state index contributed by atoms with van der Waals surface area (Å²) in [5.41, 5.74) is 3.02. The Morgan fingerprint density at radius 1 is 0.812 bits per heavy atom. The molecule has 1 heterocycles. The van der Waals surface area contributed by atoms with E-state index >= 15 is 0 Å². The van der Waals surface area contributed by atoms with E-state index < -0.39 is 0 Å². The van der Waals surface area contributed by atoms with Gasteiger partial charge in [-0.25, -0.2) is 0 Å². The third-order valence-corrected chi connectivity index (χ3v) is 2.52. The number of para-hydroxylation sites is 1. The second-order valence-corrected chi connectivity index (χ2v) is 3.66. The van der Waals surface area contributed by atoms with Crippen molar-refractivity contribution in [3.05, 3.63) is 60.9 Å². The quantitative estimate of drug-likeness (QED) is 0.685. The Balaban J connectivity index is 1.94. The van der Waals surface area contributed by atoms with Crippen molar-refractivity contribution in [3.63, 3.8) is 0 Å². The standard InChI is InChI=1S/C14H11NO/c1-2-4-12(5-3-1)15-13-7-6-11-8-9-16-14(11)10-13/h1-10,15H. The molecule has 0 radical (unpaired) electrons. The molecule has 0 bridgehead atoms. The zero-order valence-corrected chi connectivity index (χ0v) is 8.68. The molecule has 0 aliphatic carbocycles. The second kappa shape index (κ2) is 3.74. The third kappa shape index (κ3) is 1.65. The van der Waals surface area contributed by atoms with E-state index in [1.807, 2.05) is 54.6 Å². The minimum atomic E-state index is 0.904. The molecule has 2 aromatic carbocycles. The van der Waals surface area contributed by atoms with Gasteiger partial charge in [0, 0.05) is 22.8 Å². The van der Waals surface area contributed by atoms with E-state index in [2.05, 4.69) is 5.32 Å². The van der Waals surface area contributed by atoms with Gasteiger partial charge in [-0.2, -0.15) is 0 Å². The van der Waals surface area contributed by atoms with E-state index in [9.17, 15) is 0 Å². The topological polar surface area (TPSA) is 25.2 Å². The SMILES string of the molecule is c1ccc(Nc2ccc3ccoc3c2)cc1. The van der Waals surface area contributed by atoms with Gasteiger partial charge in [0.1, 0.15) is 5.58 Å². The molecule has 0 aliphatic heterocycles. The van der Waals surface area contributed by atoms with Gasteiger partial charge in [-0.15, -0.1) is 0 Å². The zero-order chi connectivity index (χ0) is 10.8. The molecule has 3 rings (SSSR count). The Morgan fingerprint density at radius 2 is 1.69 bits per heavy atom. The van der Waals surface area contributed by atoms with Crippen LogP contribution in [0, 0.1) is 0 Å². The Labute approximate surface area is 93.5 Å². The molecule has 0 unspecified atom stereocenters. The molecule has 0 amide bonds. The van der Waals surface area contributed by atoms with Crippen LogP contribution in [0.25, 0.3) is 11.0 Å². The van der Waals surface area contributed by atoms with Gasteiger partial charge in [-0.1, -0.05) is 18.2 Å². The van der Waals surface area contributed by atoms with Crippen molar-refractivity contribution in [2.75, 3.05) is 5.32 Å². The lowest BCUT2D eigenvalue weighted by molar-refractivity contribution is 0.616. The van der Waals surface area contributed by atoms with Crippen LogP contribution in [0.1, 0.15) is 0 Å². The van der Waals surface area contributed by atoms with E-state index in [0.29, 0.717) is 0 Å². The van der Waals surface area contributed by atoms with Gasteiger partial charge < -0.3 is 9.73 Å². The van der Waals surface area contributed by atoms with Gasteiger partial charge in [0.2, 0.25) is 0 Å². The van der Waals surface area contributed by atoms with Gasteiger partial charge >= 0.3 is 0 Å². The number of anilines is 2. The fraction of sp³-hybridized carbons (Fsp3) is 0. The average Bonchev–Trinajstić information content (AvgIpc) is 2.77. The van der Waals surface area contributed by atoms with Gasteiger partial charge in [0.25, 0.3) is 0 Å². The minimum absolute atomic E-state index is 0.904. The highest BCUT2D eigenvalue weighted by atomic mass is 16.3. The van der Waals surface area contributed by atoms with Crippen LogP contribution in [0.15, 0.2) is 65.3 Å². The molecule has 1 N–H and O–H groups in total. The Hall–Kier alpha value is -2.22. The van der Waals surface area contributed by atoms with E-state index in [-0.39, 0.29) is 0 Å². The van der Waals surface area contributed by atoms with Crippen LogP contribution >= 0.6 is 0 Å². The van der Waals surface area contributed by atoms with Gasteiger partial charge in [0.15, 0.2) is 0 Å². The summed E-state index contributed by atoms with van der Waals surface area (Å²) in [5.74, 6) is 0. The van der Waals surface area contributed by atoms with Crippen LogP contribution in [-0.2, 0) is 0 Å². The number of nitrogens with one attached hydrogen (secondary N) is 1. The molecule has 0 saturated heterocycles. The van der Waals surface area contributed by atoms with Crippen LogP contribution in [0.3, 0.4) is 0 Å². The van der Waals surface area contributed by atoms with Crippen molar-refractivity contribution < 1.29 is 4.42 Å². The monoisotopic (exact) mass is 209 g/mol. The molecule has 0 fully saturated rings. The molecular formula is C14H11NO. The van der Waals surface area contributed by atoms with Crippen molar-refractivity contribution in [1.82, 2.24) is 0 Å². The summed E-state index contributed by atoms with van der Waals surface area (Å²) in [5, 5.41) is 4.45. The summed E-state index contributed by atoms with van der Waals surface area (Å²) in [4.78, 5) is 0. The first-order valence-corrected chi connectivity index (χ1v) is 5.21. The predicted molar refractivity (Wildman–Crippen MR) is 65.9 cm³/mol. The maximum absolute atomic E-state index is 5.36. The summed E-state index contributed by atoms with van der Waals surface area (Å²) in [7, 11) is 0. The number of furan rings is 1. The van der Waals surface area contributed by atoms with E-state index in [4.69, 9.17) is 4.42 Å². The summed E-state index contributed by atoms with van der Waals surface area (Å²) in [6.07, 6.45) is 1.71. The first kappa shape index (κ1) is 9.04. The summed E-state index contributed by atoms with van der Waals surface area (Å²) >= 11 is 0.